The largest absolute Gasteiger partial charge is 0.464 e. The van der Waals surface area contributed by atoms with Gasteiger partial charge >= 0.3 is 27.9 Å². The minimum absolute atomic E-state index is 0.116. The molecule has 1 fully saturated rings. The number of carbonyl (C=O) groups is 1. The number of hydrogen-bond donors (Lipinski definition) is 2. The first-order valence-electron chi connectivity index (χ1n) is 9.66. The van der Waals surface area contributed by atoms with E-state index in [0.717, 1.165) is 4.57 Å². The molecule has 0 saturated carbocycles. The topological polar surface area (TPSA) is 143 Å². The number of aryl methyl sites for hydroxylation is 1. The lowest BCUT2D eigenvalue weighted by molar-refractivity contribution is -0.167. The van der Waals surface area contributed by atoms with Crippen LogP contribution in [0.2, 0.25) is 0 Å². The molecule has 0 spiro atoms. The minimum Gasteiger partial charge on any atom is -0.464 e. The average molecular weight is 455 g/mol. The van der Waals surface area contributed by atoms with E-state index in [-0.39, 0.29) is 18.3 Å². The maximum Gasteiger partial charge on any atom is 0.361 e. The number of rotatable bonds is 7. The molecule has 13 heteroatoms. The fraction of sp³-hybridized carbons (Fsp3) is 0.500. The van der Waals surface area contributed by atoms with Gasteiger partial charge in [0.25, 0.3) is 0 Å². The highest BCUT2D eigenvalue weighted by Gasteiger charge is 2.39. The number of amides is 1. The van der Waals surface area contributed by atoms with E-state index in [2.05, 4.69) is 9.82 Å². The third kappa shape index (κ3) is 4.43. The summed E-state index contributed by atoms with van der Waals surface area (Å²) in [5.41, 5.74) is 0.440. The predicted molar refractivity (Wildman–Crippen MR) is 110 cm³/mol. The fourth-order valence-corrected chi connectivity index (χ4v) is 4.16. The molecule has 1 aromatic heterocycles. The number of benzene rings is 1. The van der Waals surface area contributed by atoms with Crippen molar-refractivity contribution in [2.45, 2.75) is 33.0 Å². The first-order valence-corrected chi connectivity index (χ1v) is 11.1. The number of ether oxygens (including phenoxy) is 3. The molecule has 170 valence electrons. The van der Waals surface area contributed by atoms with Crippen LogP contribution in [-0.4, -0.2) is 48.6 Å². The van der Waals surface area contributed by atoms with Crippen molar-refractivity contribution in [1.82, 2.24) is 19.1 Å². The summed E-state index contributed by atoms with van der Waals surface area (Å²) < 4.78 is 47.6. The summed E-state index contributed by atoms with van der Waals surface area (Å²) in [6.07, 6.45) is 0.446. The molecule has 2 aromatic rings. The first kappa shape index (κ1) is 22.8. The number of aromatic nitrogens is 3. The van der Waals surface area contributed by atoms with E-state index in [0.29, 0.717) is 35.4 Å². The first-order chi connectivity index (χ1) is 14.6. The van der Waals surface area contributed by atoms with Crippen LogP contribution < -0.4 is 19.9 Å². The SMILES string of the molecule is CCOc1nn(C(=O)NS(=O)(=O)Nc2c(C)cccc2C2(CC)OCCO2)c(=O)n1C. The second-order valence-corrected chi connectivity index (χ2v) is 8.20. The Morgan fingerprint density at radius 2 is 1.97 bits per heavy atom. The van der Waals surface area contributed by atoms with E-state index in [1.807, 2.05) is 6.92 Å². The lowest BCUT2D eigenvalue weighted by atomic mass is 9.98. The zero-order valence-corrected chi connectivity index (χ0v) is 18.5. The second-order valence-electron chi connectivity index (χ2n) is 6.78. The molecule has 3 rings (SSSR count). The molecule has 1 aliphatic heterocycles. The molecule has 0 unspecified atom stereocenters. The summed E-state index contributed by atoms with van der Waals surface area (Å²) in [6, 6.07) is 3.78. The van der Waals surface area contributed by atoms with Crippen molar-refractivity contribution in [2.24, 2.45) is 7.05 Å². The number of nitrogens with zero attached hydrogens (tertiary/aromatic N) is 3. The van der Waals surface area contributed by atoms with Gasteiger partial charge in [0.2, 0.25) is 0 Å². The molecule has 0 bridgehead atoms. The fourth-order valence-electron chi connectivity index (χ4n) is 3.25. The summed E-state index contributed by atoms with van der Waals surface area (Å²) in [5.74, 6) is -1.10. The van der Waals surface area contributed by atoms with Gasteiger partial charge in [-0.25, -0.2) is 18.9 Å². The van der Waals surface area contributed by atoms with Crippen LogP contribution >= 0.6 is 0 Å². The molecule has 1 aromatic carbocycles. The normalized spacial score (nSPS) is 15.6. The molecule has 31 heavy (non-hydrogen) atoms. The standard InChI is InChI=1S/C18H25N5O7S/c1-5-18(29-10-11-30-18)13-9-7-8-12(3)14(13)20-31(26,27)21-15(24)23-17(25)22(4)16(19-23)28-6-2/h7-9,20H,5-6,10-11H2,1-4H3,(H,21,24). The predicted octanol–water partition coefficient (Wildman–Crippen LogP) is 0.813. The maximum atomic E-state index is 12.7. The molecule has 0 radical (unpaired) electrons. The maximum absolute atomic E-state index is 12.7. The van der Waals surface area contributed by atoms with Crippen molar-refractivity contribution in [2.75, 3.05) is 24.5 Å². The molecule has 12 nitrogen and oxygen atoms in total. The van der Waals surface area contributed by atoms with Crippen LogP contribution in [0.15, 0.2) is 23.0 Å². The van der Waals surface area contributed by atoms with Crippen LogP contribution in [-0.2, 0) is 32.5 Å². The van der Waals surface area contributed by atoms with Crippen LogP contribution in [0.1, 0.15) is 31.4 Å². The summed E-state index contributed by atoms with van der Waals surface area (Å²) in [7, 11) is -3.09. The molecule has 2 heterocycles. The molecule has 1 aliphatic rings. The van der Waals surface area contributed by atoms with Gasteiger partial charge in [0, 0.05) is 19.0 Å². The number of para-hydroxylation sites is 1. The third-order valence-corrected chi connectivity index (χ3v) is 5.68. The highest BCUT2D eigenvalue weighted by molar-refractivity contribution is 7.91. The van der Waals surface area contributed by atoms with Crippen LogP contribution in [0.5, 0.6) is 6.01 Å². The molecule has 2 N–H and O–H groups in total. The summed E-state index contributed by atoms with van der Waals surface area (Å²) in [5, 5.41) is 3.71. The van der Waals surface area contributed by atoms with Gasteiger partial charge in [-0.15, -0.1) is 9.78 Å². The monoisotopic (exact) mass is 455 g/mol. The zero-order valence-electron chi connectivity index (χ0n) is 17.7. The van der Waals surface area contributed by atoms with Crippen LogP contribution in [0.4, 0.5) is 10.5 Å². The van der Waals surface area contributed by atoms with E-state index in [9.17, 15) is 18.0 Å². The second kappa shape index (κ2) is 8.69. The van der Waals surface area contributed by atoms with E-state index in [4.69, 9.17) is 14.2 Å². The molecule has 1 amide bonds. The van der Waals surface area contributed by atoms with Crippen LogP contribution in [0.3, 0.4) is 0 Å². The van der Waals surface area contributed by atoms with Crippen molar-refractivity contribution >= 4 is 21.9 Å². The molecular weight excluding hydrogens is 430 g/mol. The smallest absolute Gasteiger partial charge is 0.361 e. The van der Waals surface area contributed by atoms with E-state index < -0.39 is 27.7 Å². The molecular formula is C18H25N5O7S. The van der Waals surface area contributed by atoms with Crippen LogP contribution in [0.25, 0.3) is 0 Å². The summed E-state index contributed by atoms with van der Waals surface area (Å²) in [6.45, 7) is 6.20. The molecule has 1 saturated heterocycles. The van der Waals surface area contributed by atoms with Crippen LogP contribution in [0, 0.1) is 6.92 Å². The Morgan fingerprint density at radius 1 is 1.29 bits per heavy atom. The highest BCUT2D eigenvalue weighted by atomic mass is 32.2. The van der Waals surface area contributed by atoms with Crippen molar-refractivity contribution in [3.63, 3.8) is 0 Å². The Kier molecular flexibility index (Phi) is 6.38. The van der Waals surface area contributed by atoms with Gasteiger partial charge in [-0.3, -0.25) is 4.72 Å². The highest BCUT2D eigenvalue weighted by Crippen LogP contribution is 2.40. The van der Waals surface area contributed by atoms with Gasteiger partial charge < -0.3 is 14.2 Å². The van der Waals surface area contributed by atoms with Gasteiger partial charge in [0.05, 0.1) is 25.5 Å². The van der Waals surface area contributed by atoms with Gasteiger partial charge in [0.1, 0.15) is 0 Å². The van der Waals surface area contributed by atoms with Gasteiger partial charge in [-0.05, 0) is 19.4 Å². The Hall–Kier alpha value is -2.90. The Labute approximate surface area is 179 Å². The van der Waals surface area contributed by atoms with Gasteiger partial charge in [0.15, 0.2) is 5.79 Å². The molecule has 0 aliphatic carbocycles. The Morgan fingerprint density at radius 3 is 2.58 bits per heavy atom. The van der Waals surface area contributed by atoms with E-state index in [1.54, 1.807) is 36.8 Å². The summed E-state index contributed by atoms with van der Waals surface area (Å²) in [4.78, 5) is 24.6. The summed E-state index contributed by atoms with van der Waals surface area (Å²) >= 11 is 0. The van der Waals surface area contributed by atoms with Gasteiger partial charge in [-0.1, -0.05) is 25.1 Å². The van der Waals surface area contributed by atoms with E-state index >= 15 is 0 Å². The Balaban J connectivity index is 1.89. The number of hydrogen-bond acceptors (Lipinski definition) is 8. The van der Waals surface area contributed by atoms with Crippen molar-refractivity contribution in [1.29, 1.82) is 0 Å². The third-order valence-electron chi connectivity index (χ3n) is 4.77. The average Bonchev–Trinajstić information content (AvgIpc) is 3.30. The quantitative estimate of drug-likeness (QED) is 0.625. The van der Waals surface area contributed by atoms with Crippen molar-refractivity contribution < 1.29 is 27.4 Å². The van der Waals surface area contributed by atoms with Gasteiger partial charge in [-0.2, -0.15) is 8.42 Å². The van der Waals surface area contributed by atoms with Crippen molar-refractivity contribution in [3.05, 3.63) is 39.8 Å². The van der Waals surface area contributed by atoms with Crippen molar-refractivity contribution in [3.8, 4) is 6.01 Å². The minimum atomic E-state index is -4.43. The number of carbonyl (C=O) groups excluding carboxylic acids is 1. The Bertz CT molecular complexity index is 1130. The number of nitrogens with one attached hydrogen (secondary N) is 2. The van der Waals surface area contributed by atoms with E-state index in [1.165, 1.54) is 7.05 Å². The lowest BCUT2D eigenvalue weighted by Gasteiger charge is -2.29. The lowest BCUT2D eigenvalue weighted by Crippen LogP contribution is -2.43. The number of anilines is 1. The zero-order chi connectivity index (χ0) is 22.8. The molecule has 0 atom stereocenters.